The molecule has 2 rings (SSSR count). The van der Waals surface area contributed by atoms with Crippen LogP contribution < -0.4 is 5.73 Å². The van der Waals surface area contributed by atoms with E-state index < -0.39 is 0 Å². The molecule has 88 valence electrons. The maximum Gasteiger partial charge on any atom is 0.0564 e. The number of aliphatic hydroxyl groups excluding tert-OH is 1. The monoisotopic (exact) mass is 221 g/mol. The van der Waals surface area contributed by atoms with Crippen LogP contribution in [0.2, 0.25) is 0 Å². The van der Waals surface area contributed by atoms with Crippen LogP contribution in [0.1, 0.15) is 25.0 Å². The van der Waals surface area contributed by atoms with Crippen molar-refractivity contribution in [1.29, 1.82) is 0 Å². The van der Waals surface area contributed by atoms with Crippen LogP contribution in [0.25, 0.3) is 0 Å². The molecule has 1 aromatic heterocycles. The van der Waals surface area contributed by atoms with E-state index in [0.29, 0.717) is 6.04 Å². The first-order chi connectivity index (χ1) is 7.79. The number of aromatic nitrogens is 1. The molecule has 0 aromatic carbocycles. The van der Waals surface area contributed by atoms with Crippen molar-refractivity contribution in [2.24, 2.45) is 0 Å². The minimum Gasteiger partial charge on any atom is -0.399 e. The van der Waals surface area contributed by atoms with Crippen molar-refractivity contribution in [1.82, 2.24) is 9.88 Å². The molecule has 1 saturated carbocycles. The van der Waals surface area contributed by atoms with Crippen LogP contribution in [0.15, 0.2) is 18.3 Å². The van der Waals surface area contributed by atoms with Crippen LogP contribution in [-0.4, -0.2) is 34.2 Å². The van der Waals surface area contributed by atoms with Gasteiger partial charge in [0, 0.05) is 31.0 Å². The maximum absolute atomic E-state index is 9.05. The summed E-state index contributed by atoms with van der Waals surface area (Å²) in [5, 5.41) is 9.05. The van der Waals surface area contributed by atoms with E-state index in [4.69, 9.17) is 10.8 Å². The highest BCUT2D eigenvalue weighted by Crippen LogP contribution is 2.25. The second-order valence-corrected chi connectivity index (χ2v) is 4.36. The zero-order chi connectivity index (χ0) is 11.4. The fraction of sp³-hybridized carbons (Fsp3) is 0.583. The van der Waals surface area contributed by atoms with E-state index in [1.54, 1.807) is 12.3 Å². The van der Waals surface area contributed by atoms with E-state index in [-0.39, 0.29) is 6.61 Å². The molecule has 1 aliphatic carbocycles. The Kier molecular flexibility index (Phi) is 3.74. The topological polar surface area (TPSA) is 62.4 Å². The number of pyridine rings is 1. The molecule has 16 heavy (non-hydrogen) atoms. The van der Waals surface area contributed by atoms with Gasteiger partial charge >= 0.3 is 0 Å². The van der Waals surface area contributed by atoms with Gasteiger partial charge in [0.2, 0.25) is 0 Å². The molecular weight excluding hydrogens is 202 g/mol. The van der Waals surface area contributed by atoms with Crippen molar-refractivity contribution >= 4 is 5.69 Å². The number of nitrogens with zero attached hydrogens (tertiary/aromatic N) is 2. The Morgan fingerprint density at radius 2 is 2.31 bits per heavy atom. The summed E-state index contributed by atoms with van der Waals surface area (Å²) in [5.74, 6) is 0. The van der Waals surface area contributed by atoms with Crippen molar-refractivity contribution < 1.29 is 5.11 Å². The first-order valence-electron chi connectivity index (χ1n) is 5.85. The smallest absolute Gasteiger partial charge is 0.0564 e. The minimum absolute atomic E-state index is 0.207. The molecular formula is C12H19N3O. The predicted octanol–water partition coefficient (Wildman–Crippen LogP) is 1.01. The summed E-state index contributed by atoms with van der Waals surface area (Å²) in [5.41, 5.74) is 7.46. The van der Waals surface area contributed by atoms with Gasteiger partial charge in [0.15, 0.2) is 0 Å². The Morgan fingerprint density at radius 3 is 2.88 bits per heavy atom. The van der Waals surface area contributed by atoms with Gasteiger partial charge in [-0.05, 0) is 25.0 Å². The number of rotatable bonds is 5. The minimum atomic E-state index is 0.207. The molecule has 0 spiro atoms. The number of aliphatic hydroxyl groups is 1. The van der Waals surface area contributed by atoms with Crippen molar-refractivity contribution in [2.75, 3.05) is 18.9 Å². The van der Waals surface area contributed by atoms with Gasteiger partial charge in [-0.1, -0.05) is 6.42 Å². The number of hydrogen-bond donors (Lipinski definition) is 2. The fourth-order valence-electron chi connectivity index (χ4n) is 2.06. The Hall–Kier alpha value is -1.13. The molecule has 1 aliphatic rings. The molecule has 3 N–H and O–H groups in total. The highest BCUT2D eigenvalue weighted by atomic mass is 16.3. The van der Waals surface area contributed by atoms with Gasteiger partial charge in [0.1, 0.15) is 0 Å². The fourth-order valence-corrected chi connectivity index (χ4v) is 2.06. The quantitative estimate of drug-likeness (QED) is 0.779. The summed E-state index contributed by atoms with van der Waals surface area (Å²) in [4.78, 5) is 6.60. The van der Waals surface area contributed by atoms with Crippen LogP contribution in [0.5, 0.6) is 0 Å². The second kappa shape index (κ2) is 5.27. The molecule has 0 radical (unpaired) electrons. The third-order valence-electron chi connectivity index (χ3n) is 3.18. The molecule has 1 aromatic rings. The van der Waals surface area contributed by atoms with E-state index in [1.165, 1.54) is 19.3 Å². The lowest BCUT2D eigenvalue weighted by atomic mass is 9.91. The Morgan fingerprint density at radius 1 is 1.50 bits per heavy atom. The van der Waals surface area contributed by atoms with Crippen molar-refractivity contribution in [3.8, 4) is 0 Å². The van der Waals surface area contributed by atoms with E-state index >= 15 is 0 Å². The lowest BCUT2D eigenvalue weighted by Gasteiger charge is -2.37. The standard InChI is InChI=1S/C12H19N3O/c13-10-4-5-14-11(8-10)9-15(6-7-16)12-2-1-3-12/h4-5,8,12,16H,1-3,6-7,9H2,(H2,13,14). The Bertz CT molecular complexity index is 339. The largest absolute Gasteiger partial charge is 0.399 e. The molecule has 1 fully saturated rings. The summed E-state index contributed by atoms with van der Waals surface area (Å²) < 4.78 is 0. The van der Waals surface area contributed by atoms with Crippen molar-refractivity contribution in [3.63, 3.8) is 0 Å². The van der Waals surface area contributed by atoms with Crippen LogP contribution in [0, 0.1) is 0 Å². The maximum atomic E-state index is 9.05. The number of nitrogen functional groups attached to an aromatic ring is 1. The molecule has 4 nitrogen and oxygen atoms in total. The highest BCUT2D eigenvalue weighted by Gasteiger charge is 2.24. The molecule has 0 unspecified atom stereocenters. The molecule has 0 amide bonds. The number of anilines is 1. The average Bonchev–Trinajstić information content (AvgIpc) is 2.15. The van der Waals surface area contributed by atoms with Crippen molar-refractivity contribution in [3.05, 3.63) is 24.0 Å². The second-order valence-electron chi connectivity index (χ2n) is 4.36. The van der Waals surface area contributed by atoms with Crippen LogP contribution >= 0.6 is 0 Å². The van der Waals surface area contributed by atoms with Gasteiger partial charge in [0.05, 0.1) is 12.3 Å². The predicted molar refractivity (Wildman–Crippen MR) is 63.8 cm³/mol. The Balaban J connectivity index is 1.98. The van der Waals surface area contributed by atoms with E-state index in [2.05, 4.69) is 9.88 Å². The third kappa shape index (κ3) is 2.71. The lowest BCUT2D eigenvalue weighted by Crippen LogP contribution is -2.41. The van der Waals surface area contributed by atoms with Crippen LogP contribution in [0.3, 0.4) is 0 Å². The normalized spacial score (nSPS) is 16.4. The zero-order valence-electron chi connectivity index (χ0n) is 9.47. The summed E-state index contributed by atoms with van der Waals surface area (Å²) in [6.45, 7) is 1.72. The number of hydrogen-bond acceptors (Lipinski definition) is 4. The highest BCUT2D eigenvalue weighted by molar-refractivity contribution is 5.37. The average molecular weight is 221 g/mol. The molecule has 0 aliphatic heterocycles. The first-order valence-corrected chi connectivity index (χ1v) is 5.85. The molecule has 0 bridgehead atoms. The summed E-state index contributed by atoms with van der Waals surface area (Å²) >= 11 is 0. The first kappa shape index (κ1) is 11.4. The lowest BCUT2D eigenvalue weighted by molar-refractivity contribution is 0.0934. The van der Waals surface area contributed by atoms with Crippen LogP contribution in [-0.2, 0) is 6.54 Å². The van der Waals surface area contributed by atoms with E-state index in [9.17, 15) is 0 Å². The van der Waals surface area contributed by atoms with Gasteiger partial charge in [-0.2, -0.15) is 0 Å². The third-order valence-corrected chi connectivity index (χ3v) is 3.18. The van der Waals surface area contributed by atoms with Gasteiger partial charge < -0.3 is 10.8 Å². The van der Waals surface area contributed by atoms with E-state index in [0.717, 1.165) is 24.5 Å². The van der Waals surface area contributed by atoms with Gasteiger partial charge in [0.25, 0.3) is 0 Å². The molecule has 0 saturated heterocycles. The molecule has 1 heterocycles. The number of nitrogens with two attached hydrogens (primary N) is 1. The SMILES string of the molecule is Nc1ccnc(CN(CCO)C2CCC2)c1. The van der Waals surface area contributed by atoms with Gasteiger partial charge in [-0.25, -0.2) is 0 Å². The van der Waals surface area contributed by atoms with Gasteiger partial charge in [-0.15, -0.1) is 0 Å². The van der Waals surface area contributed by atoms with Crippen molar-refractivity contribution in [2.45, 2.75) is 31.8 Å². The molecule has 0 atom stereocenters. The van der Waals surface area contributed by atoms with Crippen LogP contribution in [0.4, 0.5) is 5.69 Å². The summed E-state index contributed by atoms with van der Waals surface area (Å²) in [6, 6.07) is 4.32. The summed E-state index contributed by atoms with van der Waals surface area (Å²) in [7, 11) is 0. The zero-order valence-corrected chi connectivity index (χ0v) is 9.47. The van der Waals surface area contributed by atoms with Gasteiger partial charge in [-0.3, -0.25) is 9.88 Å². The van der Waals surface area contributed by atoms with E-state index in [1.807, 2.05) is 6.07 Å². The Labute approximate surface area is 96.1 Å². The molecule has 4 heteroatoms. The summed E-state index contributed by atoms with van der Waals surface area (Å²) in [6.07, 6.45) is 5.52.